The first-order valence-corrected chi connectivity index (χ1v) is 10.5. The van der Waals surface area contributed by atoms with Crippen LogP contribution in [0.15, 0.2) is 71.3 Å². The summed E-state index contributed by atoms with van der Waals surface area (Å²) < 4.78 is 6.71. The van der Waals surface area contributed by atoms with Gasteiger partial charge in [-0.05, 0) is 53.8 Å². The predicted octanol–water partition coefficient (Wildman–Crippen LogP) is 7.57. The Bertz CT molecular complexity index is 1490. The zero-order valence-electron chi connectivity index (χ0n) is 17.7. The van der Waals surface area contributed by atoms with Crippen LogP contribution in [0, 0.1) is 13.8 Å². The quantitative estimate of drug-likeness (QED) is 0.295. The van der Waals surface area contributed by atoms with Gasteiger partial charge in [-0.15, -0.1) is 0 Å². The summed E-state index contributed by atoms with van der Waals surface area (Å²) >= 11 is 0. The van der Waals surface area contributed by atoms with E-state index in [4.69, 9.17) is 4.42 Å². The number of hydrogen-bond acceptors (Lipinski definition) is 2. The highest BCUT2D eigenvalue weighted by atomic mass is 16.3. The maximum absolute atomic E-state index is 6.71. The second-order valence-electron chi connectivity index (χ2n) is 8.99. The second kappa shape index (κ2) is 5.82. The number of aromatic nitrogens is 1. The minimum atomic E-state index is -0.0318. The average molecular weight is 389 g/mol. The van der Waals surface area contributed by atoms with Gasteiger partial charge < -0.3 is 4.42 Å². The number of aryl methyl sites for hydroxylation is 2. The molecular weight excluding hydrogens is 366 g/mol. The summed E-state index contributed by atoms with van der Waals surface area (Å²) in [5.41, 5.74) is 11.5. The van der Waals surface area contributed by atoms with Crippen molar-refractivity contribution in [3.05, 3.63) is 89.1 Å². The van der Waals surface area contributed by atoms with Crippen LogP contribution in [0.2, 0.25) is 0 Å². The summed E-state index contributed by atoms with van der Waals surface area (Å²) in [6.45, 7) is 8.84. The Morgan fingerprint density at radius 2 is 1.50 bits per heavy atom. The molecule has 0 amide bonds. The topological polar surface area (TPSA) is 26.0 Å². The lowest BCUT2D eigenvalue weighted by molar-refractivity contribution is 0.653. The zero-order chi connectivity index (χ0) is 20.6. The Morgan fingerprint density at radius 3 is 2.30 bits per heavy atom. The van der Waals surface area contributed by atoms with Gasteiger partial charge in [0.1, 0.15) is 11.2 Å². The van der Waals surface area contributed by atoms with E-state index in [0.717, 1.165) is 27.8 Å². The number of pyridine rings is 1. The lowest BCUT2D eigenvalue weighted by Gasteiger charge is -2.21. The summed E-state index contributed by atoms with van der Waals surface area (Å²) in [7, 11) is 0. The van der Waals surface area contributed by atoms with Crippen molar-refractivity contribution < 1.29 is 4.42 Å². The Morgan fingerprint density at radius 1 is 0.767 bits per heavy atom. The molecule has 0 radical (unpaired) electrons. The molecule has 0 N–H and O–H groups in total. The summed E-state index contributed by atoms with van der Waals surface area (Å²) in [6.07, 6.45) is 1.88. The standard InChI is InChI=1S/C28H23NO/c1-16-13-14-29-23(15-16)24-17(2)9-10-18-19-11-12-22-25(27(19)30-26(18)24)20-7-5-6-8-21(20)28(22,3)4/h5-15H,1-4H3. The van der Waals surface area contributed by atoms with Crippen molar-refractivity contribution in [3.63, 3.8) is 0 Å². The number of nitrogens with zero attached hydrogens (tertiary/aromatic N) is 1. The Balaban J connectivity index is 1.76. The number of furan rings is 1. The summed E-state index contributed by atoms with van der Waals surface area (Å²) in [4.78, 5) is 4.66. The van der Waals surface area contributed by atoms with E-state index in [9.17, 15) is 0 Å². The second-order valence-corrected chi connectivity index (χ2v) is 8.99. The van der Waals surface area contributed by atoms with Crippen LogP contribution in [-0.2, 0) is 5.41 Å². The largest absolute Gasteiger partial charge is 0.455 e. The molecule has 2 aromatic heterocycles. The molecule has 0 unspecified atom stereocenters. The van der Waals surface area contributed by atoms with E-state index < -0.39 is 0 Å². The highest BCUT2D eigenvalue weighted by Crippen LogP contribution is 2.52. The van der Waals surface area contributed by atoms with E-state index in [1.807, 2.05) is 12.3 Å². The fraction of sp³-hybridized carbons (Fsp3) is 0.179. The lowest BCUT2D eigenvalue weighted by atomic mass is 9.82. The van der Waals surface area contributed by atoms with Gasteiger partial charge in [-0.25, -0.2) is 0 Å². The summed E-state index contributed by atoms with van der Waals surface area (Å²) in [5, 5.41) is 2.32. The molecule has 0 fully saturated rings. The molecule has 0 atom stereocenters. The van der Waals surface area contributed by atoms with Crippen molar-refractivity contribution >= 4 is 21.9 Å². The van der Waals surface area contributed by atoms with E-state index in [2.05, 4.69) is 87.3 Å². The van der Waals surface area contributed by atoms with Crippen LogP contribution in [-0.4, -0.2) is 4.98 Å². The number of hydrogen-bond donors (Lipinski definition) is 0. The van der Waals surface area contributed by atoms with Crippen LogP contribution in [0.4, 0.5) is 0 Å². The van der Waals surface area contributed by atoms with Gasteiger partial charge in [0.2, 0.25) is 0 Å². The van der Waals surface area contributed by atoms with E-state index in [1.54, 1.807) is 0 Å². The minimum Gasteiger partial charge on any atom is -0.455 e. The molecule has 2 heterocycles. The Labute approximate surface area is 176 Å². The average Bonchev–Trinajstić information content (AvgIpc) is 3.21. The molecule has 30 heavy (non-hydrogen) atoms. The lowest BCUT2D eigenvalue weighted by Crippen LogP contribution is -2.14. The Hall–Kier alpha value is -3.39. The van der Waals surface area contributed by atoms with Crippen LogP contribution >= 0.6 is 0 Å². The molecule has 3 aromatic carbocycles. The molecule has 2 heteroatoms. The molecule has 146 valence electrons. The summed E-state index contributed by atoms with van der Waals surface area (Å²) in [5.74, 6) is 0. The van der Waals surface area contributed by atoms with Crippen molar-refractivity contribution in [2.75, 3.05) is 0 Å². The third kappa shape index (κ3) is 2.16. The maximum atomic E-state index is 6.71. The molecule has 0 bridgehead atoms. The molecule has 1 aliphatic rings. The van der Waals surface area contributed by atoms with E-state index in [1.165, 1.54) is 38.8 Å². The first-order chi connectivity index (χ1) is 14.5. The first kappa shape index (κ1) is 17.5. The van der Waals surface area contributed by atoms with Gasteiger partial charge in [0.05, 0.1) is 5.69 Å². The van der Waals surface area contributed by atoms with Gasteiger partial charge in [0, 0.05) is 33.5 Å². The monoisotopic (exact) mass is 389 g/mol. The summed E-state index contributed by atoms with van der Waals surface area (Å²) in [6, 6.07) is 21.8. The highest BCUT2D eigenvalue weighted by Gasteiger charge is 2.37. The van der Waals surface area contributed by atoms with Crippen molar-refractivity contribution in [1.82, 2.24) is 4.98 Å². The van der Waals surface area contributed by atoms with Crippen molar-refractivity contribution in [3.8, 4) is 22.4 Å². The van der Waals surface area contributed by atoms with Gasteiger partial charge in [0.15, 0.2) is 0 Å². The third-order valence-corrected chi connectivity index (χ3v) is 6.73. The molecule has 1 aliphatic carbocycles. The van der Waals surface area contributed by atoms with Crippen LogP contribution < -0.4 is 0 Å². The van der Waals surface area contributed by atoms with Crippen LogP contribution in [0.5, 0.6) is 0 Å². The maximum Gasteiger partial charge on any atom is 0.145 e. The molecule has 2 nitrogen and oxygen atoms in total. The molecule has 0 saturated heterocycles. The van der Waals surface area contributed by atoms with Gasteiger partial charge in [0.25, 0.3) is 0 Å². The number of fused-ring (bicyclic) bond motifs is 7. The van der Waals surface area contributed by atoms with Crippen LogP contribution in [0.3, 0.4) is 0 Å². The molecule has 6 rings (SSSR count). The number of benzene rings is 3. The van der Waals surface area contributed by atoms with Gasteiger partial charge in [-0.3, -0.25) is 4.98 Å². The smallest absolute Gasteiger partial charge is 0.145 e. The van der Waals surface area contributed by atoms with Crippen molar-refractivity contribution in [2.24, 2.45) is 0 Å². The van der Waals surface area contributed by atoms with Gasteiger partial charge in [-0.1, -0.05) is 62.4 Å². The van der Waals surface area contributed by atoms with Crippen molar-refractivity contribution in [2.45, 2.75) is 33.1 Å². The normalized spacial score (nSPS) is 14.3. The minimum absolute atomic E-state index is 0.0318. The highest BCUT2D eigenvalue weighted by molar-refractivity contribution is 6.14. The molecule has 5 aromatic rings. The molecule has 0 spiro atoms. The predicted molar refractivity (Wildman–Crippen MR) is 124 cm³/mol. The van der Waals surface area contributed by atoms with E-state index in [0.29, 0.717) is 0 Å². The zero-order valence-corrected chi connectivity index (χ0v) is 17.7. The fourth-order valence-corrected chi connectivity index (χ4v) is 5.17. The Kier molecular flexibility index (Phi) is 3.39. The molecular formula is C28H23NO. The fourth-order valence-electron chi connectivity index (χ4n) is 5.17. The first-order valence-electron chi connectivity index (χ1n) is 10.5. The molecule has 0 saturated carbocycles. The third-order valence-electron chi connectivity index (χ3n) is 6.73. The SMILES string of the molecule is Cc1ccnc(-c2c(C)ccc3c2oc2c4c(ccc23)C(C)(C)c2ccccc2-4)c1. The van der Waals surface area contributed by atoms with E-state index >= 15 is 0 Å². The van der Waals surface area contributed by atoms with Crippen LogP contribution in [0.25, 0.3) is 44.3 Å². The van der Waals surface area contributed by atoms with Crippen molar-refractivity contribution in [1.29, 1.82) is 0 Å². The van der Waals surface area contributed by atoms with E-state index in [-0.39, 0.29) is 5.41 Å². The van der Waals surface area contributed by atoms with Gasteiger partial charge in [-0.2, -0.15) is 0 Å². The van der Waals surface area contributed by atoms with Crippen LogP contribution in [0.1, 0.15) is 36.1 Å². The number of rotatable bonds is 1. The van der Waals surface area contributed by atoms with Gasteiger partial charge >= 0.3 is 0 Å². The molecule has 0 aliphatic heterocycles.